The molecule has 18 heavy (non-hydrogen) atoms. The lowest BCUT2D eigenvalue weighted by molar-refractivity contribution is -0.130. The number of nitrogens with zero attached hydrogens (tertiary/aromatic N) is 2. The highest BCUT2D eigenvalue weighted by atomic mass is 16.3. The van der Waals surface area contributed by atoms with Gasteiger partial charge in [0.15, 0.2) is 0 Å². The third kappa shape index (κ3) is 2.82. The summed E-state index contributed by atoms with van der Waals surface area (Å²) in [6.07, 6.45) is 0. The van der Waals surface area contributed by atoms with E-state index < -0.39 is 0 Å². The lowest BCUT2D eigenvalue weighted by Crippen LogP contribution is -2.48. The van der Waals surface area contributed by atoms with Crippen LogP contribution in [0, 0.1) is 0 Å². The van der Waals surface area contributed by atoms with Crippen LogP contribution in [-0.2, 0) is 4.79 Å². The van der Waals surface area contributed by atoms with E-state index in [1.165, 1.54) is 5.56 Å². The van der Waals surface area contributed by atoms with E-state index in [1.807, 2.05) is 17.0 Å². The number of piperazine rings is 1. The van der Waals surface area contributed by atoms with Crippen LogP contribution in [0.5, 0.6) is 5.75 Å². The molecule has 4 heteroatoms. The second-order valence-electron chi connectivity index (χ2n) is 4.81. The van der Waals surface area contributed by atoms with E-state index in [9.17, 15) is 9.90 Å². The fraction of sp³-hybridized carbons (Fsp3) is 0.500. The number of rotatable bonds is 2. The lowest BCUT2D eigenvalue weighted by atomic mass is 10.1. The molecule has 4 nitrogen and oxygen atoms in total. The van der Waals surface area contributed by atoms with Gasteiger partial charge >= 0.3 is 0 Å². The maximum Gasteiger partial charge on any atom is 0.219 e. The molecule has 2 rings (SSSR count). The van der Waals surface area contributed by atoms with Gasteiger partial charge in [0, 0.05) is 39.1 Å². The van der Waals surface area contributed by atoms with Crippen molar-refractivity contribution in [3.63, 3.8) is 0 Å². The van der Waals surface area contributed by atoms with Crippen molar-refractivity contribution in [2.45, 2.75) is 19.9 Å². The van der Waals surface area contributed by atoms with Crippen LogP contribution < -0.4 is 0 Å². The number of phenols is 1. The predicted octanol–water partition coefficient (Wildman–Crippen LogP) is 1.62. The topological polar surface area (TPSA) is 43.8 Å². The van der Waals surface area contributed by atoms with Crippen LogP contribution in [0.4, 0.5) is 0 Å². The van der Waals surface area contributed by atoms with Gasteiger partial charge in [0.05, 0.1) is 0 Å². The summed E-state index contributed by atoms with van der Waals surface area (Å²) in [5.74, 6) is 0.458. The molecule has 98 valence electrons. The molecule has 1 unspecified atom stereocenters. The third-order valence-electron chi connectivity index (χ3n) is 3.68. The largest absolute Gasteiger partial charge is 0.508 e. The lowest BCUT2D eigenvalue weighted by Gasteiger charge is -2.37. The third-order valence-corrected chi connectivity index (χ3v) is 3.68. The van der Waals surface area contributed by atoms with Crippen molar-refractivity contribution in [2.24, 2.45) is 0 Å². The Morgan fingerprint density at radius 1 is 1.17 bits per heavy atom. The first-order valence-electron chi connectivity index (χ1n) is 6.36. The van der Waals surface area contributed by atoms with Crippen LogP contribution in [-0.4, -0.2) is 47.0 Å². The molecule has 1 saturated heterocycles. The summed E-state index contributed by atoms with van der Waals surface area (Å²) in [7, 11) is 0. The molecule has 1 aromatic rings. The summed E-state index contributed by atoms with van der Waals surface area (Å²) in [5, 5.41) is 9.29. The summed E-state index contributed by atoms with van der Waals surface area (Å²) in [5.41, 5.74) is 1.20. The quantitative estimate of drug-likeness (QED) is 0.865. The Morgan fingerprint density at radius 2 is 1.72 bits per heavy atom. The van der Waals surface area contributed by atoms with Crippen LogP contribution in [0.2, 0.25) is 0 Å². The van der Waals surface area contributed by atoms with E-state index in [1.54, 1.807) is 19.1 Å². The Kier molecular flexibility index (Phi) is 3.87. The molecule has 1 heterocycles. The van der Waals surface area contributed by atoms with Crippen LogP contribution in [0.25, 0.3) is 0 Å². The number of phenolic OH excluding ortho intramolecular Hbond substituents is 1. The zero-order valence-corrected chi connectivity index (χ0v) is 11.0. The minimum atomic E-state index is 0.159. The monoisotopic (exact) mass is 248 g/mol. The molecule has 1 fully saturated rings. The van der Waals surface area contributed by atoms with Crippen LogP contribution in [0.3, 0.4) is 0 Å². The van der Waals surface area contributed by atoms with Gasteiger partial charge in [-0.2, -0.15) is 0 Å². The summed E-state index contributed by atoms with van der Waals surface area (Å²) in [4.78, 5) is 15.5. The average Bonchev–Trinajstić information content (AvgIpc) is 2.39. The van der Waals surface area contributed by atoms with Crippen molar-refractivity contribution in [1.29, 1.82) is 0 Å². The molecule has 0 spiro atoms. The second kappa shape index (κ2) is 5.40. The van der Waals surface area contributed by atoms with E-state index in [-0.39, 0.29) is 5.91 Å². The predicted molar refractivity (Wildman–Crippen MR) is 70.3 cm³/mol. The zero-order chi connectivity index (χ0) is 13.1. The normalized spacial score (nSPS) is 18.7. The van der Waals surface area contributed by atoms with Gasteiger partial charge in [0.2, 0.25) is 5.91 Å². The van der Waals surface area contributed by atoms with Gasteiger partial charge < -0.3 is 10.0 Å². The number of benzene rings is 1. The van der Waals surface area contributed by atoms with Crippen LogP contribution in [0.15, 0.2) is 24.3 Å². The first kappa shape index (κ1) is 12.9. The standard InChI is InChI=1S/C14H20N2O2/c1-11(13-3-5-14(18)6-4-13)15-7-9-16(10-8-15)12(2)17/h3-6,11,18H,7-10H2,1-2H3. The zero-order valence-electron chi connectivity index (χ0n) is 11.0. The van der Waals surface area contributed by atoms with Crippen LogP contribution >= 0.6 is 0 Å². The van der Waals surface area contributed by atoms with Gasteiger partial charge in [-0.15, -0.1) is 0 Å². The van der Waals surface area contributed by atoms with Crippen LogP contribution in [0.1, 0.15) is 25.5 Å². The molecule has 1 aromatic carbocycles. The molecule has 1 atom stereocenters. The maximum absolute atomic E-state index is 11.3. The van der Waals surface area contributed by atoms with Crippen molar-refractivity contribution in [2.75, 3.05) is 26.2 Å². The molecule has 1 N–H and O–H groups in total. The minimum absolute atomic E-state index is 0.159. The SMILES string of the molecule is CC(=O)N1CCN(C(C)c2ccc(O)cc2)CC1. The Morgan fingerprint density at radius 3 is 2.22 bits per heavy atom. The fourth-order valence-electron chi connectivity index (χ4n) is 2.39. The highest BCUT2D eigenvalue weighted by Crippen LogP contribution is 2.23. The maximum atomic E-state index is 11.3. The minimum Gasteiger partial charge on any atom is -0.508 e. The van der Waals surface area contributed by atoms with Gasteiger partial charge in [-0.25, -0.2) is 0 Å². The number of carbonyl (C=O) groups is 1. The van der Waals surface area contributed by atoms with Crippen molar-refractivity contribution in [3.05, 3.63) is 29.8 Å². The summed E-state index contributed by atoms with van der Waals surface area (Å²) < 4.78 is 0. The molecule has 1 aliphatic heterocycles. The number of hydrogen-bond acceptors (Lipinski definition) is 3. The number of hydrogen-bond donors (Lipinski definition) is 1. The molecule has 1 aliphatic rings. The van der Waals surface area contributed by atoms with Crippen molar-refractivity contribution < 1.29 is 9.90 Å². The van der Waals surface area contributed by atoms with Gasteiger partial charge in [-0.05, 0) is 24.6 Å². The smallest absolute Gasteiger partial charge is 0.219 e. The highest BCUT2D eigenvalue weighted by Gasteiger charge is 2.22. The Hall–Kier alpha value is -1.55. The summed E-state index contributed by atoms with van der Waals surface area (Å²) in [6.45, 7) is 7.20. The van der Waals surface area contributed by atoms with E-state index in [0.29, 0.717) is 11.8 Å². The van der Waals surface area contributed by atoms with E-state index in [2.05, 4.69) is 11.8 Å². The Bertz CT molecular complexity index is 408. The Balaban J connectivity index is 1.97. The molecular weight excluding hydrogens is 228 g/mol. The van der Waals surface area contributed by atoms with E-state index in [4.69, 9.17) is 0 Å². The molecule has 0 aliphatic carbocycles. The average molecular weight is 248 g/mol. The molecule has 0 saturated carbocycles. The van der Waals surface area contributed by atoms with Gasteiger partial charge in [-0.3, -0.25) is 9.69 Å². The molecule has 0 radical (unpaired) electrons. The van der Waals surface area contributed by atoms with Crippen molar-refractivity contribution >= 4 is 5.91 Å². The molecule has 1 amide bonds. The number of amides is 1. The number of carbonyl (C=O) groups excluding carboxylic acids is 1. The first-order valence-corrected chi connectivity index (χ1v) is 6.36. The summed E-state index contributed by atoms with van der Waals surface area (Å²) >= 11 is 0. The summed E-state index contributed by atoms with van der Waals surface area (Å²) in [6, 6.07) is 7.67. The van der Waals surface area contributed by atoms with E-state index >= 15 is 0 Å². The van der Waals surface area contributed by atoms with Gasteiger partial charge in [0.1, 0.15) is 5.75 Å². The second-order valence-corrected chi connectivity index (χ2v) is 4.81. The Labute approximate surface area is 108 Å². The van der Waals surface area contributed by atoms with Gasteiger partial charge in [0.25, 0.3) is 0 Å². The first-order chi connectivity index (χ1) is 8.58. The molecular formula is C14H20N2O2. The number of aromatic hydroxyl groups is 1. The fourth-order valence-corrected chi connectivity index (χ4v) is 2.39. The highest BCUT2D eigenvalue weighted by molar-refractivity contribution is 5.73. The van der Waals surface area contributed by atoms with Gasteiger partial charge in [-0.1, -0.05) is 12.1 Å². The molecule has 0 aromatic heterocycles. The van der Waals surface area contributed by atoms with E-state index in [0.717, 1.165) is 26.2 Å². The van der Waals surface area contributed by atoms with Crippen molar-refractivity contribution in [3.8, 4) is 5.75 Å². The molecule has 0 bridgehead atoms. The van der Waals surface area contributed by atoms with Crippen molar-refractivity contribution in [1.82, 2.24) is 9.80 Å².